The lowest BCUT2D eigenvalue weighted by molar-refractivity contribution is -0.133. The molecule has 1 heterocycles. The van der Waals surface area contributed by atoms with Gasteiger partial charge in [0.15, 0.2) is 0 Å². The number of benzene rings is 1. The Morgan fingerprint density at radius 2 is 2.11 bits per heavy atom. The van der Waals surface area contributed by atoms with E-state index in [-0.39, 0.29) is 5.41 Å². The summed E-state index contributed by atoms with van der Waals surface area (Å²) in [7, 11) is 0. The highest BCUT2D eigenvalue weighted by atomic mass is 35.5. The van der Waals surface area contributed by atoms with Crippen LogP contribution in [-0.2, 0) is 11.2 Å². The van der Waals surface area contributed by atoms with Crippen LogP contribution in [-0.4, -0.2) is 30.5 Å². The van der Waals surface area contributed by atoms with E-state index < -0.39 is 5.60 Å². The summed E-state index contributed by atoms with van der Waals surface area (Å²) in [6.07, 6.45) is 2.42. The Kier molecular flexibility index (Phi) is 4.51. The first kappa shape index (κ1) is 14.8. The third-order valence-corrected chi connectivity index (χ3v) is 4.57. The molecule has 0 bridgehead atoms. The van der Waals surface area contributed by atoms with Crippen molar-refractivity contribution in [3.63, 3.8) is 0 Å². The minimum atomic E-state index is -0.879. The Labute approximate surface area is 119 Å². The summed E-state index contributed by atoms with van der Waals surface area (Å²) >= 11 is 5.88. The number of hydrogen-bond acceptors (Lipinski definition) is 3. The summed E-state index contributed by atoms with van der Waals surface area (Å²) in [6, 6.07) is 7.59. The fourth-order valence-corrected chi connectivity index (χ4v) is 2.97. The topological polar surface area (TPSA) is 55.5 Å². The average Bonchev–Trinajstić information content (AvgIpc) is 2.42. The van der Waals surface area contributed by atoms with Crippen molar-refractivity contribution in [2.45, 2.75) is 31.8 Å². The second kappa shape index (κ2) is 5.80. The van der Waals surface area contributed by atoms with E-state index in [1.807, 2.05) is 31.2 Å². The van der Waals surface area contributed by atoms with Gasteiger partial charge in [-0.3, -0.25) is 0 Å². The van der Waals surface area contributed by atoms with Crippen molar-refractivity contribution in [1.29, 1.82) is 0 Å². The fourth-order valence-electron chi connectivity index (χ4n) is 2.85. The van der Waals surface area contributed by atoms with Gasteiger partial charge in [0, 0.05) is 30.0 Å². The molecule has 4 heteroatoms. The fraction of sp³-hybridized carbons (Fsp3) is 0.600. The molecule has 3 nitrogen and oxygen atoms in total. The van der Waals surface area contributed by atoms with E-state index in [1.165, 1.54) is 0 Å². The number of aliphatic hydroxyl groups is 1. The van der Waals surface area contributed by atoms with Gasteiger partial charge in [-0.05, 0) is 37.5 Å². The smallest absolute Gasteiger partial charge is 0.0750 e. The van der Waals surface area contributed by atoms with Crippen molar-refractivity contribution < 1.29 is 9.84 Å². The predicted octanol–water partition coefficient (Wildman–Crippen LogP) is 2.39. The van der Waals surface area contributed by atoms with Crippen molar-refractivity contribution >= 4 is 11.6 Å². The lowest BCUT2D eigenvalue weighted by Crippen LogP contribution is -2.56. The van der Waals surface area contributed by atoms with Gasteiger partial charge in [0.2, 0.25) is 0 Å². The summed E-state index contributed by atoms with van der Waals surface area (Å²) in [5, 5.41) is 11.6. The van der Waals surface area contributed by atoms with Gasteiger partial charge in [0.05, 0.1) is 12.2 Å². The average molecular weight is 284 g/mol. The minimum Gasteiger partial charge on any atom is -0.389 e. The van der Waals surface area contributed by atoms with Crippen molar-refractivity contribution in [2.24, 2.45) is 11.1 Å². The molecule has 0 aromatic heterocycles. The predicted molar refractivity (Wildman–Crippen MR) is 77.3 cm³/mol. The van der Waals surface area contributed by atoms with Crippen LogP contribution in [0.25, 0.3) is 0 Å². The van der Waals surface area contributed by atoms with E-state index in [9.17, 15) is 5.11 Å². The maximum atomic E-state index is 10.9. The molecule has 1 aliphatic rings. The molecule has 0 saturated carbocycles. The largest absolute Gasteiger partial charge is 0.389 e. The van der Waals surface area contributed by atoms with E-state index in [0.717, 1.165) is 25.0 Å². The van der Waals surface area contributed by atoms with Gasteiger partial charge in [-0.15, -0.1) is 0 Å². The normalized spacial score (nSPS) is 26.9. The third-order valence-electron chi connectivity index (χ3n) is 4.32. The van der Waals surface area contributed by atoms with Gasteiger partial charge in [0.1, 0.15) is 0 Å². The zero-order chi connectivity index (χ0) is 13.9. The number of nitrogens with two attached hydrogens (primary N) is 1. The van der Waals surface area contributed by atoms with Crippen LogP contribution in [0.3, 0.4) is 0 Å². The summed E-state index contributed by atoms with van der Waals surface area (Å²) in [5.74, 6) is 0. The molecule has 2 unspecified atom stereocenters. The molecule has 0 aliphatic carbocycles. The van der Waals surface area contributed by atoms with Gasteiger partial charge in [-0.1, -0.05) is 23.7 Å². The molecule has 2 atom stereocenters. The van der Waals surface area contributed by atoms with E-state index in [0.29, 0.717) is 24.6 Å². The Balaban J connectivity index is 2.17. The van der Waals surface area contributed by atoms with Crippen LogP contribution in [0.4, 0.5) is 0 Å². The third kappa shape index (κ3) is 3.11. The first-order valence-electron chi connectivity index (χ1n) is 6.74. The molecular weight excluding hydrogens is 262 g/mol. The number of hydrogen-bond donors (Lipinski definition) is 2. The monoisotopic (exact) mass is 283 g/mol. The molecule has 106 valence electrons. The van der Waals surface area contributed by atoms with E-state index in [1.54, 1.807) is 0 Å². The van der Waals surface area contributed by atoms with Gasteiger partial charge in [0.25, 0.3) is 0 Å². The Morgan fingerprint density at radius 1 is 1.42 bits per heavy atom. The molecule has 0 amide bonds. The molecule has 1 aliphatic heterocycles. The first-order valence-corrected chi connectivity index (χ1v) is 7.12. The zero-order valence-electron chi connectivity index (χ0n) is 11.4. The highest BCUT2D eigenvalue weighted by Gasteiger charge is 2.47. The number of rotatable bonds is 4. The van der Waals surface area contributed by atoms with E-state index in [4.69, 9.17) is 22.1 Å². The second-order valence-electron chi connectivity index (χ2n) is 5.72. The van der Waals surface area contributed by atoms with Crippen LogP contribution in [0.15, 0.2) is 24.3 Å². The maximum absolute atomic E-state index is 10.9. The summed E-state index contributed by atoms with van der Waals surface area (Å²) in [4.78, 5) is 0. The number of halogens is 1. The molecule has 0 radical (unpaired) electrons. The lowest BCUT2D eigenvalue weighted by atomic mass is 9.67. The van der Waals surface area contributed by atoms with E-state index in [2.05, 4.69) is 0 Å². The van der Waals surface area contributed by atoms with Crippen LogP contribution >= 0.6 is 11.6 Å². The highest BCUT2D eigenvalue weighted by Crippen LogP contribution is 2.40. The van der Waals surface area contributed by atoms with Crippen LogP contribution in [0, 0.1) is 5.41 Å². The summed E-state index contributed by atoms with van der Waals surface area (Å²) in [6.45, 7) is 3.60. The second-order valence-corrected chi connectivity index (χ2v) is 6.15. The Hall–Kier alpha value is -0.610. The van der Waals surface area contributed by atoms with Crippen LogP contribution in [0.2, 0.25) is 5.02 Å². The van der Waals surface area contributed by atoms with Crippen molar-refractivity contribution in [3.8, 4) is 0 Å². The van der Waals surface area contributed by atoms with Crippen LogP contribution < -0.4 is 5.73 Å². The Morgan fingerprint density at radius 3 is 2.63 bits per heavy atom. The molecule has 19 heavy (non-hydrogen) atoms. The molecular formula is C15H22ClNO2. The van der Waals surface area contributed by atoms with Crippen molar-refractivity contribution in [2.75, 3.05) is 19.8 Å². The van der Waals surface area contributed by atoms with Gasteiger partial charge >= 0.3 is 0 Å². The first-order chi connectivity index (χ1) is 8.99. The van der Waals surface area contributed by atoms with Gasteiger partial charge < -0.3 is 15.6 Å². The van der Waals surface area contributed by atoms with Crippen LogP contribution in [0.1, 0.15) is 25.3 Å². The van der Waals surface area contributed by atoms with E-state index >= 15 is 0 Å². The molecule has 3 N–H and O–H groups in total. The molecule has 2 rings (SSSR count). The zero-order valence-corrected chi connectivity index (χ0v) is 12.1. The molecule has 0 spiro atoms. The standard InChI is InChI=1S/C15H22ClNO2/c1-14(18,9-12-3-5-13(16)6-4-12)15(10-17)7-2-8-19-11-15/h3-6,18H,2,7-11,17H2,1H3. The minimum absolute atomic E-state index is 0.356. The quantitative estimate of drug-likeness (QED) is 0.892. The lowest BCUT2D eigenvalue weighted by Gasteiger charge is -2.47. The van der Waals surface area contributed by atoms with Gasteiger partial charge in [-0.2, -0.15) is 0 Å². The molecule has 1 aromatic rings. The molecule has 1 aromatic carbocycles. The number of ether oxygens (including phenoxy) is 1. The maximum Gasteiger partial charge on any atom is 0.0750 e. The highest BCUT2D eigenvalue weighted by molar-refractivity contribution is 6.30. The summed E-state index contributed by atoms with van der Waals surface area (Å²) < 4.78 is 5.56. The summed E-state index contributed by atoms with van der Waals surface area (Å²) in [5.41, 5.74) is 5.77. The van der Waals surface area contributed by atoms with Crippen molar-refractivity contribution in [1.82, 2.24) is 0 Å². The molecule has 1 saturated heterocycles. The van der Waals surface area contributed by atoms with Gasteiger partial charge in [-0.25, -0.2) is 0 Å². The molecule has 1 fully saturated rings. The van der Waals surface area contributed by atoms with Crippen LogP contribution in [0.5, 0.6) is 0 Å². The van der Waals surface area contributed by atoms with Crippen molar-refractivity contribution in [3.05, 3.63) is 34.9 Å². The Bertz CT molecular complexity index is 411. The SMILES string of the molecule is CC(O)(Cc1ccc(Cl)cc1)C1(CN)CCCOC1.